The molecule has 1 atom stereocenters. The lowest BCUT2D eigenvalue weighted by Crippen LogP contribution is -2.45. The first kappa shape index (κ1) is 18.0. The number of carbonyl (C=O) groups excluding carboxylic acids is 1. The van der Waals surface area contributed by atoms with Crippen LogP contribution in [0.5, 0.6) is 0 Å². The molecule has 0 amide bonds. The average Bonchev–Trinajstić information content (AvgIpc) is 2.40. The molecule has 0 saturated carbocycles. The summed E-state index contributed by atoms with van der Waals surface area (Å²) in [5, 5.41) is -0.0466. The Hall–Kier alpha value is -1.02. The number of benzene rings is 1. The molecule has 0 aromatic heterocycles. The summed E-state index contributed by atoms with van der Waals surface area (Å²) in [7, 11) is -2.87. The molecule has 0 aliphatic carbocycles. The lowest BCUT2D eigenvalue weighted by Gasteiger charge is -2.20. The number of methoxy groups -OCH3 is 1. The number of nitrogens with one attached hydrogen (secondary N) is 1. The van der Waals surface area contributed by atoms with Crippen LogP contribution in [0.25, 0.3) is 0 Å². The van der Waals surface area contributed by atoms with E-state index in [0.29, 0.717) is 0 Å². The van der Waals surface area contributed by atoms with Crippen molar-refractivity contribution in [1.29, 1.82) is 0 Å². The number of nitrogen functional groups attached to an aromatic ring is 1. The van der Waals surface area contributed by atoms with Crippen molar-refractivity contribution >= 4 is 44.9 Å². The maximum Gasteiger partial charge on any atom is 0.324 e. The molecule has 0 spiro atoms. The fourth-order valence-corrected chi connectivity index (χ4v) is 3.67. The molecule has 118 valence electrons. The second-order valence-corrected chi connectivity index (χ2v) is 7.11. The number of esters is 1. The van der Waals surface area contributed by atoms with Gasteiger partial charge in [0.2, 0.25) is 10.0 Å². The van der Waals surface area contributed by atoms with Gasteiger partial charge in [0.05, 0.1) is 22.8 Å². The first-order chi connectivity index (χ1) is 9.61. The van der Waals surface area contributed by atoms with Crippen LogP contribution in [0.3, 0.4) is 0 Å². The lowest BCUT2D eigenvalue weighted by molar-refractivity contribution is -0.143. The van der Waals surface area contributed by atoms with Gasteiger partial charge < -0.3 is 10.5 Å². The van der Waals surface area contributed by atoms with E-state index in [-0.39, 0.29) is 26.5 Å². The minimum absolute atomic E-state index is 0.0413. The zero-order valence-electron chi connectivity index (χ0n) is 11.7. The third-order valence-electron chi connectivity index (χ3n) is 2.78. The number of sulfonamides is 1. The topological polar surface area (TPSA) is 98.5 Å². The molecule has 21 heavy (non-hydrogen) atoms. The van der Waals surface area contributed by atoms with Crippen LogP contribution in [-0.2, 0) is 19.6 Å². The van der Waals surface area contributed by atoms with Gasteiger partial charge in [-0.1, -0.05) is 37.0 Å². The predicted molar refractivity (Wildman–Crippen MR) is 81.8 cm³/mol. The number of rotatable bonds is 5. The molecule has 1 aromatic rings. The van der Waals surface area contributed by atoms with Crippen LogP contribution >= 0.6 is 23.2 Å². The van der Waals surface area contributed by atoms with Crippen LogP contribution in [-0.4, -0.2) is 27.5 Å². The standard InChI is InChI=1S/C12H16Cl2N2O4S/c1-6(2)11(12(17)20-3)16-21(18,19)8-5-4-7(13)10(15)9(8)14/h4-6,11,16H,15H2,1-3H3. The molecule has 1 aromatic carbocycles. The van der Waals surface area contributed by atoms with Gasteiger partial charge in [0.25, 0.3) is 0 Å². The maximum atomic E-state index is 12.3. The number of ether oxygens (including phenoxy) is 1. The van der Waals surface area contributed by atoms with Gasteiger partial charge >= 0.3 is 5.97 Å². The zero-order valence-corrected chi connectivity index (χ0v) is 14.0. The Labute approximate surface area is 133 Å². The van der Waals surface area contributed by atoms with Crippen molar-refractivity contribution in [3.05, 3.63) is 22.2 Å². The van der Waals surface area contributed by atoms with E-state index in [2.05, 4.69) is 9.46 Å². The van der Waals surface area contributed by atoms with Gasteiger partial charge in [-0.15, -0.1) is 0 Å². The highest BCUT2D eigenvalue weighted by Gasteiger charge is 2.30. The number of halogens is 2. The van der Waals surface area contributed by atoms with E-state index in [9.17, 15) is 13.2 Å². The summed E-state index contributed by atoms with van der Waals surface area (Å²) < 4.78 is 31.5. The van der Waals surface area contributed by atoms with Crippen LogP contribution < -0.4 is 10.5 Å². The Bertz CT molecular complexity index is 647. The largest absolute Gasteiger partial charge is 0.468 e. The minimum Gasteiger partial charge on any atom is -0.468 e. The molecule has 0 aliphatic rings. The molecule has 0 saturated heterocycles. The third-order valence-corrected chi connectivity index (χ3v) is 5.12. The van der Waals surface area contributed by atoms with Crippen molar-refractivity contribution in [3.63, 3.8) is 0 Å². The Morgan fingerprint density at radius 3 is 2.38 bits per heavy atom. The lowest BCUT2D eigenvalue weighted by atomic mass is 10.1. The van der Waals surface area contributed by atoms with Gasteiger partial charge in [-0.25, -0.2) is 8.42 Å². The van der Waals surface area contributed by atoms with E-state index in [1.54, 1.807) is 13.8 Å². The second-order valence-electron chi connectivity index (χ2n) is 4.64. The summed E-state index contributed by atoms with van der Waals surface area (Å²) in [6.45, 7) is 3.36. The second kappa shape index (κ2) is 6.83. The predicted octanol–water partition coefficient (Wildman–Crippen LogP) is 2.05. The first-order valence-electron chi connectivity index (χ1n) is 5.95. The quantitative estimate of drug-likeness (QED) is 0.622. The van der Waals surface area contributed by atoms with Crippen molar-refractivity contribution in [3.8, 4) is 0 Å². The fraction of sp³-hybridized carbons (Fsp3) is 0.417. The summed E-state index contributed by atoms with van der Waals surface area (Å²) in [6.07, 6.45) is 0. The van der Waals surface area contributed by atoms with Gasteiger partial charge in [0, 0.05) is 0 Å². The molecule has 0 radical (unpaired) electrons. The van der Waals surface area contributed by atoms with Gasteiger partial charge in [-0.3, -0.25) is 4.79 Å². The highest BCUT2D eigenvalue weighted by molar-refractivity contribution is 7.89. The molecule has 0 aliphatic heterocycles. The Morgan fingerprint density at radius 1 is 1.33 bits per heavy atom. The molecule has 0 heterocycles. The first-order valence-corrected chi connectivity index (χ1v) is 8.19. The molecule has 0 fully saturated rings. The number of carbonyl (C=O) groups is 1. The molecular formula is C12H16Cl2N2O4S. The van der Waals surface area contributed by atoms with Gasteiger partial charge in [-0.2, -0.15) is 4.72 Å². The van der Waals surface area contributed by atoms with Crippen molar-refractivity contribution < 1.29 is 17.9 Å². The molecule has 9 heteroatoms. The molecule has 1 unspecified atom stereocenters. The summed E-state index contributed by atoms with van der Waals surface area (Å²) in [5.74, 6) is -0.998. The van der Waals surface area contributed by atoms with Crippen molar-refractivity contribution in [2.24, 2.45) is 5.92 Å². The summed E-state index contributed by atoms with van der Waals surface area (Å²) in [5.41, 5.74) is 5.57. The van der Waals surface area contributed by atoms with E-state index in [0.717, 1.165) is 0 Å². The Kier molecular flexibility index (Phi) is 5.86. The SMILES string of the molecule is COC(=O)C(NS(=O)(=O)c1ccc(Cl)c(N)c1Cl)C(C)C. The Morgan fingerprint density at radius 2 is 1.90 bits per heavy atom. The van der Waals surface area contributed by atoms with Gasteiger partial charge in [-0.05, 0) is 18.1 Å². The Balaban J connectivity index is 3.23. The van der Waals surface area contributed by atoms with E-state index in [1.807, 2.05) is 0 Å². The summed E-state index contributed by atoms with van der Waals surface area (Å²) in [6, 6.07) is 1.51. The number of hydrogen-bond donors (Lipinski definition) is 2. The maximum absolute atomic E-state index is 12.3. The van der Waals surface area contributed by atoms with Crippen LogP contribution in [0, 0.1) is 5.92 Å². The normalized spacial score (nSPS) is 13.2. The number of anilines is 1. The molecule has 6 nitrogen and oxygen atoms in total. The molecular weight excluding hydrogens is 339 g/mol. The fourth-order valence-electron chi connectivity index (χ4n) is 1.57. The van der Waals surface area contributed by atoms with E-state index in [4.69, 9.17) is 28.9 Å². The number of hydrogen-bond acceptors (Lipinski definition) is 5. The van der Waals surface area contributed by atoms with Gasteiger partial charge in [0.1, 0.15) is 10.9 Å². The van der Waals surface area contributed by atoms with Crippen LogP contribution in [0.2, 0.25) is 10.0 Å². The summed E-state index contributed by atoms with van der Waals surface area (Å²) >= 11 is 11.7. The number of nitrogens with two attached hydrogens (primary N) is 1. The van der Waals surface area contributed by atoms with Crippen molar-refractivity contribution in [1.82, 2.24) is 4.72 Å². The molecule has 1 rings (SSSR count). The van der Waals surface area contributed by atoms with Crippen LogP contribution in [0.15, 0.2) is 17.0 Å². The average molecular weight is 355 g/mol. The van der Waals surface area contributed by atoms with Crippen LogP contribution in [0.4, 0.5) is 5.69 Å². The molecule has 0 bridgehead atoms. The van der Waals surface area contributed by atoms with E-state index in [1.165, 1.54) is 19.2 Å². The highest BCUT2D eigenvalue weighted by atomic mass is 35.5. The van der Waals surface area contributed by atoms with Crippen molar-refractivity contribution in [2.75, 3.05) is 12.8 Å². The van der Waals surface area contributed by atoms with Crippen LogP contribution in [0.1, 0.15) is 13.8 Å². The smallest absolute Gasteiger partial charge is 0.324 e. The van der Waals surface area contributed by atoms with Gasteiger partial charge in [0.15, 0.2) is 0 Å². The monoisotopic (exact) mass is 354 g/mol. The molecule has 3 N–H and O–H groups in total. The third kappa shape index (κ3) is 4.00. The van der Waals surface area contributed by atoms with Crippen molar-refractivity contribution in [2.45, 2.75) is 24.8 Å². The van der Waals surface area contributed by atoms with E-state index >= 15 is 0 Å². The summed E-state index contributed by atoms with van der Waals surface area (Å²) in [4.78, 5) is 11.4. The zero-order chi connectivity index (χ0) is 16.4. The minimum atomic E-state index is -4.05. The highest BCUT2D eigenvalue weighted by Crippen LogP contribution is 2.33. The van der Waals surface area contributed by atoms with E-state index < -0.39 is 22.0 Å².